The first kappa shape index (κ1) is 23.0. The van der Waals surface area contributed by atoms with Crippen LogP contribution < -0.4 is 9.47 Å². The highest BCUT2D eigenvalue weighted by atomic mass is 19.4. The molecule has 1 aliphatic heterocycles. The van der Waals surface area contributed by atoms with Crippen molar-refractivity contribution in [3.63, 3.8) is 0 Å². The molecular weight excluding hydrogens is 458 g/mol. The van der Waals surface area contributed by atoms with Crippen molar-refractivity contribution in [2.45, 2.75) is 32.3 Å². The number of hydrogen-bond donors (Lipinski definition) is 0. The lowest BCUT2D eigenvalue weighted by Gasteiger charge is -2.23. The number of alkyl halides is 3. The van der Waals surface area contributed by atoms with E-state index >= 15 is 0 Å². The molecule has 4 rings (SSSR count). The fourth-order valence-corrected chi connectivity index (χ4v) is 3.54. The van der Waals surface area contributed by atoms with Gasteiger partial charge in [-0.2, -0.15) is 23.5 Å². The fraction of sp³-hybridized carbons (Fsp3) is 0.273. The Morgan fingerprint density at radius 3 is 2.65 bits per heavy atom. The first-order valence-corrected chi connectivity index (χ1v) is 9.94. The maximum absolute atomic E-state index is 13.5. The van der Waals surface area contributed by atoms with Gasteiger partial charge in [0.1, 0.15) is 23.2 Å². The summed E-state index contributed by atoms with van der Waals surface area (Å²) in [5, 5.41) is 13.7. The third kappa shape index (κ3) is 4.24. The molecule has 1 amide bonds. The number of fused-ring (bicyclic) bond motifs is 1. The molecular formula is C22H17F4N5O3. The average Bonchev–Trinajstić information content (AvgIpc) is 3.37. The summed E-state index contributed by atoms with van der Waals surface area (Å²) in [7, 11) is 1.21. The number of nitriles is 1. The summed E-state index contributed by atoms with van der Waals surface area (Å²) >= 11 is 0. The second-order valence-electron chi connectivity index (χ2n) is 7.50. The third-order valence-corrected chi connectivity index (χ3v) is 5.24. The Bertz CT molecular complexity index is 1280. The number of carbonyl (C=O) groups excluding carboxylic acids is 1. The Hall–Kier alpha value is -4.14. The van der Waals surface area contributed by atoms with Crippen LogP contribution in [0.5, 0.6) is 11.5 Å². The second-order valence-corrected chi connectivity index (χ2v) is 7.50. The molecule has 2 aromatic heterocycles. The fourth-order valence-electron chi connectivity index (χ4n) is 3.54. The summed E-state index contributed by atoms with van der Waals surface area (Å²) in [6, 6.07) is 5.48. The number of nitrogens with zero attached hydrogens (tertiary/aromatic N) is 5. The zero-order valence-corrected chi connectivity index (χ0v) is 17.9. The monoisotopic (exact) mass is 475 g/mol. The van der Waals surface area contributed by atoms with Crippen molar-refractivity contribution < 1.29 is 31.8 Å². The normalized spacial score (nSPS) is 13.9. The quantitative estimate of drug-likeness (QED) is 0.522. The summed E-state index contributed by atoms with van der Waals surface area (Å²) in [6.07, 6.45) is -2.76. The number of benzene rings is 1. The van der Waals surface area contributed by atoms with Crippen LogP contribution in [-0.2, 0) is 13.1 Å². The predicted molar refractivity (Wildman–Crippen MR) is 109 cm³/mol. The largest absolute Gasteiger partial charge is 0.494 e. The summed E-state index contributed by atoms with van der Waals surface area (Å²) in [6.45, 7) is 0.942. The van der Waals surface area contributed by atoms with E-state index < -0.39 is 24.0 Å². The van der Waals surface area contributed by atoms with E-state index in [1.165, 1.54) is 35.0 Å². The maximum Gasteiger partial charge on any atom is 0.425 e. The second kappa shape index (κ2) is 8.66. The zero-order chi connectivity index (χ0) is 24.6. The van der Waals surface area contributed by atoms with E-state index in [2.05, 4.69) is 10.1 Å². The number of amides is 1. The van der Waals surface area contributed by atoms with E-state index in [4.69, 9.17) is 9.47 Å². The number of pyridine rings is 1. The van der Waals surface area contributed by atoms with Gasteiger partial charge in [-0.15, -0.1) is 0 Å². The molecule has 176 valence electrons. The van der Waals surface area contributed by atoms with Crippen LogP contribution in [0.15, 0.2) is 36.8 Å². The highest BCUT2D eigenvalue weighted by Crippen LogP contribution is 2.37. The Balaban J connectivity index is 1.65. The molecule has 0 saturated carbocycles. The van der Waals surface area contributed by atoms with E-state index in [-0.39, 0.29) is 35.7 Å². The Labute approximate surface area is 190 Å². The Morgan fingerprint density at radius 1 is 1.26 bits per heavy atom. The minimum absolute atomic E-state index is 0.0291. The summed E-state index contributed by atoms with van der Waals surface area (Å²) in [4.78, 5) is 18.5. The smallest absolute Gasteiger partial charge is 0.425 e. The molecule has 34 heavy (non-hydrogen) atoms. The van der Waals surface area contributed by atoms with Crippen LogP contribution in [0.4, 0.5) is 17.6 Å². The molecule has 3 aromatic rings. The highest BCUT2D eigenvalue weighted by molar-refractivity contribution is 6.00. The van der Waals surface area contributed by atoms with Crippen LogP contribution in [0, 0.1) is 17.1 Å². The molecule has 12 heteroatoms. The van der Waals surface area contributed by atoms with E-state index in [0.29, 0.717) is 16.9 Å². The molecule has 0 radical (unpaired) electrons. The minimum atomic E-state index is -4.67. The van der Waals surface area contributed by atoms with Gasteiger partial charge in [0.05, 0.1) is 43.0 Å². The predicted octanol–water partition coefficient (Wildman–Crippen LogP) is 3.77. The Morgan fingerprint density at radius 2 is 2.03 bits per heavy atom. The first-order valence-electron chi connectivity index (χ1n) is 9.94. The van der Waals surface area contributed by atoms with Crippen molar-refractivity contribution >= 4 is 5.91 Å². The lowest BCUT2D eigenvalue weighted by atomic mass is 10.1. The van der Waals surface area contributed by atoms with Crippen molar-refractivity contribution in [1.82, 2.24) is 19.7 Å². The summed E-state index contributed by atoms with van der Waals surface area (Å²) in [5.74, 6) is -1.75. The average molecular weight is 475 g/mol. The van der Waals surface area contributed by atoms with Crippen LogP contribution >= 0.6 is 0 Å². The van der Waals surface area contributed by atoms with Gasteiger partial charge >= 0.3 is 6.18 Å². The number of carbonyl (C=O) groups is 1. The number of hydrogen-bond acceptors (Lipinski definition) is 6. The van der Waals surface area contributed by atoms with Crippen molar-refractivity contribution in [3.8, 4) is 23.3 Å². The number of aromatic nitrogens is 3. The maximum atomic E-state index is 13.5. The van der Waals surface area contributed by atoms with Gasteiger partial charge in [0.15, 0.2) is 11.9 Å². The molecule has 0 fully saturated rings. The topological polar surface area (TPSA) is 93.3 Å². The van der Waals surface area contributed by atoms with Crippen molar-refractivity contribution in [3.05, 3.63) is 65.0 Å². The lowest BCUT2D eigenvalue weighted by Crippen LogP contribution is -2.33. The van der Waals surface area contributed by atoms with Crippen LogP contribution in [0.2, 0.25) is 0 Å². The molecule has 1 aromatic carbocycles. The molecule has 8 nitrogen and oxygen atoms in total. The van der Waals surface area contributed by atoms with Crippen molar-refractivity contribution in [2.75, 3.05) is 7.11 Å². The van der Waals surface area contributed by atoms with Gasteiger partial charge in [-0.1, -0.05) is 0 Å². The van der Waals surface area contributed by atoms with Gasteiger partial charge in [-0.05, 0) is 19.1 Å². The van der Waals surface area contributed by atoms with E-state index in [9.17, 15) is 27.6 Å². The molecule has 1 atom stereocenters. The highest BCUT2D eigenvalue weighted by Gasteiger charge is 2.40. The molecule has 0 unspecified atom stereocenters. The van der Waals surface area contributed by atoms with Crippen LogP contribution in [-0.4, -0.2) is 45.0 Å². The molecule has 0 spiro atoms. The molecule has 1 aliphatic rings. The van der Waals surface area contributed by atoms with Gasteiger partial charge in [-0.25, -0.2) is 9.07 Å². The zero-order valence-electron chi connectivity index (χ0n) is 17.9. The first-order chi connectivity index (χ1) is 16.1. The number of halogens is 4. The van der Waals surface area contributed by atoms with Gasteiger partial charge in [0.2, 0.25) is 0 Å². The number of rotatable bonds is 5. The Kier molecular flexibility index (Phi) is 5.87. The SMILES string of the molecule is COc1c(C#N)ccc(O[C@@H](C)C(F)(F)F)c1C(=O)N1Cc2cn(-c3cncc(F)c3)nc2C1. The van der Waals surface area contributed by atoms with Gasteiger partial charge in [-0.3, -0.25) is 9.78 Å². The van der Waals surface area contributed by atoms with E-state index in [1.807, 2.05) is 6.07 Å². The number of ether oxygens (including phenoxy) is 2. The summed E-state index contributed by atoms with van der Waals surface area (Å²) in [5.41, 5.74) is 1.27. The number of methoxy groups -OCH3 is 1. The van der Waals surface area contributed by atoms with Gasteiger partial charge in [0, 0.05) is 24.4 Å². The summed E-state index contributed by atoms with van der Waals surface area (Å²) < 4.78 is 64.4. The van der Waals surface area contributed by atoms with Gasteiger partial charge in [0.25, 0.3) is 5.91 Å². The third-order valence-electron chi connectivity index (χ3n) is 5.24. The van der Waals surface area contributed by atoms with Crippen LogP contribution in [0.3, 0.4) is 0 Å². The van der Waals surface area contributed by atoms with Crippen molar-refractivity contribution in [1.29, 1.82) is 5.26 Å². The molecule has 0 bridgehead atoms. The van der Waals surface area contributed by atoms with Gasteiger partial charge < -0.3 is 14.4 Å². The van der Waals surface area contributed by atoms with E-state index in [1.54, 1.807) is 6.20 Å². The minimum Gasteiger partial charge on any atom is -0.494 e. The molecule has 3 heterocycles. The molecule has 0 aliphatic carbocycles. The van der Waals surface area contributed by atoms with Crippen LogP contribution in [0.1, 0.15) is 34.1 Å². The lowest BCUT2D eigenvalue weighted by molar-refractivity contribution is -0.189. The van der Waals surface area contributed by atoms with E-state index in [0.717, 1.165) is 19.2 Å². The van der Waals surface area contributed by atoms with Crippen LogP contribution in [0.25, 0.3) is 5.69 Å². The molecule has 0 saturated heterocycles. The molecule has 0 N–H and O–H groups in total. The standard InChI is InChI=1S/C22H17F4N5O3/c1-12(22(24,25)26)34-18-4-3-13(6-27)20(33-2)19(18)21(32)30-9-14-10-31(29-17(14)11-30)16-5-15(23)7-28-8-16/h3-5,7-8,10,12H,9,11H2,1-2H3/t12-/m0/s1. The van der Waals surface area contributed by atoms with Crippen molar-refractivity contribution in [2.24, 2.45) is 0 Å².